The molecule has 1 aliphatic heterocycles. The van der Waals surface area contributed by atoms with Crippen LogP contribution in [0.3, 0.4) is 0 Å². The fourth-order valence-corrected chi connectivity index (χ4v) is 2.72. The molecule has 0 aliphatic carbocycles. The molecule has 100 valence electrons. The number of nitrogens with one attached hydrogen (secondary N) is 1. The minimum atomic E-state index is 0.377. The van der Waals surface area contributed by atoms with Crippen molar-refractivity contribution in [2.24, 2.45) is 5.73 Å². The number of nitrogens with zero attached hydrogens (tertiary/aromatic N) is 3. The van der Waals surface area contributed by atoms with Crippen LogP contribution in [0.25, 0.3) is 11.0 Å². The monoisotopic (exact) mass is 257 g/mol. The van der Waals surface area contributed by atoms with Crippen LogP contribution >= 0.6 is 0 Å². The molecular weight excluding hydrogens is 238 g/mol. The van der Waals surface area contributed by atoms with Crippen LogP contribution in [0.4, 0.5) is 11.6 Å². The van der Waals surface area contributed by atoms with E-state index in [1.807, 2.05) is 31.3 Å². The Hall–Kier alpha value is -1.88. The van der Waals surface area contributed by atoms with Crippen LogP contribution in [0.1, 0.15) is 12.8 Å². The molecule has 19 heavy (non-hydrogen) atoms. The quantitative estimate of drug-likeness (QED) is 0.874. The van der Waals surface area contributed by atoms with E-state index in [0.717, 1.165) is 35.6 Å². The summed E-state index contributed by atoms with van der Waals surface area (Å²) in [6.45, 7) is 1.67. The molecule has 0 radical (unpaired) electrons. The number of anilines is 2. The first-order chi connectivity index (χ1) is 9.33. The zero-order valence-electron chi connectivity index (χ0n) is 11.1. The number of hydrogen-bond donors (Lipinski definition) is 2. The fourth-order valence-electron chi connectivity index (χ4n) is 2.72. The summed E-state index contributed by atoms with van der Waals surface area (Å²) >= 11 is 0. The van der Waals surface area contributed by atoms with Crippen molar-refractivity contribution < 1.29 is 0 Å². The van der Waals surface area contributed by atoms with Gasteiger partial charge >= 0.3 is 0 Å². The van der Waals surface area contributed by atoms with Gasteiger partial charge in [0.1, 0.15) is 0 Å². The van der Waals surface area contributed by atoms with E-state index in [1.165, 1.54) is 6.42 Å². The van der Waals surface area contributed by atoms with Crippen LogP contribution in [0.2, 0.25) is 0 Å². The molecule has 5 heteroatoms. The average molecular weight is 257 g/mol. The maximum Gasteiger partial charge on any atom is 0.172 e. The van der Waals surface area contributed by atoms with E-state index in [2.05, 4.69) is 15.2 Å². The predicted molar refractivity (Wildman–Crippen MR) is 78.5 cm³/mol. The SMILES string of the molecule is CNc1nc2ccccc2nc1N1CCCC1CN. The lowest BCUT2D eigenvalue weighted by atomic mass is 10.2. The molecule has 1 unspecified atom stereocenters. The zero-order valence-corrected chi connectivity index (χ0v) is 11.1. The Balaban J connectivity index is 2.10. The third kappa shape index (κ3) is 2.10. The maximum atomic E-state index is 5.86. The number of rotatable bonds is 3. The Morgan fingerprint density at radius 2 is 2.05 bits per heavy atom. The summed E-state index contributed by atoms with van der Waals surface area (Å²) in [6, 6.07) is 8.33. The molecule has 2 heterocycles. The van der Waals surface area contributed by atoms with Gasteiger partial charge in [0.05, 0.1) is 11.0 Å². The highest BCUT2D eigenvalue weighted by Gasteiger charge is 2.27. The standard InChI is InChI=1S/C14H19N5/c1-16-13-14(19-8-4-5-10(19)9-15)18-12-7-3-2-6-11(12)17-13/h2-3,6-7,10H,4-5,8-9,15H2,1H3,(H,16,17). The first-order valence-corrected chi connectivity index (χ1v) is 6.74. The van der Waals surface area contributed by atoms with Gasteiger partial charge in [-0.05, 0) is 25.0 Å². The van der Waals surface area contributed by atoms with E-state index in [1.54, 1.807) is 0 Å². The molecule has 3 rings (SSSR count). The summed E-state index contributed by atoms with van der Waals surface area (Å²) < 4.78 is 0. The number of aromatic nitrogens is 2. The molecule has 1 aromatic heterocycles. The highest BCUT2D eigenvalue weighted by atomic mass is 15.3. The van der Waals surface area contributed by atoms with Crippen LogP contribution in [-0.2, 0) is 0 Å². The lowest BCUT2D eigenvalue weighted by molar-refractivity contribution is 0.672. The van der Waals surface area contributed by atoms with Crippen LogP contribution in [-0.4, -0.2) is 36.1 Å². The van der Waals surface area contributed by atoms with E-state index < -0.39 is 0 Å². The van der Waals surface area contributed by atoms with Crippen molar-refractivity contribution in [3.8, 4) is 0 Å². The summed E-state index contributed by atoms with van der Waals surface area (Å²) in [4.78, 5) is 11.7. The van der Waals surface area contributed by atoms with Gasteiger partial charge in [-0.15, -0.1) is 0 Å². The van der Waals surface area contributed by atoms with Gasteiger partial charge in [0.15, 0.2) is 11.6 Å². The Kier molecular flexibility index (Phi) is 3.21. The molecule has 1 atom stereocenters. The lowest BCUT2D eigenvalue weighted by Gasteiger charge is -2.26. The summed E-state index contributed by atoms with van der Waals surface area (Å²) in [5.41, 5.74) is 7.70. The maximum absolute atomic E-state index is 5.86. The molecular formula is C14H19N5. The Labute approximate surface area is 112 Å². The number of fused-ring (bicyclic) bond motifs is 1. The van der Waals surface area contributed by atoms with Gasteiger partial charge in [-0.1, -0.05) is 12.1 Å². The second-order valence-electron chi connectivity index (χ2n) is 4.86. The first kappa shape index (κ1) is 12.2. The van der Waals surface area contributed by atoms with Crippen molar-refractivity contribution in [1.29, 1.82) is 0 Å². The number of nitrogens with two attached hydrogens (primary N) is 1. The third-order valence-corrected chi connectivity index (χ3v) is 3.71. The molecule has 0 bridgehead atoms. The molecule has 0 amide bonds. The van der Waals surface area contributed by atoms with Crippen molar-refractivity contribution in [3.05, 3.63) is 24.3 Å². The molecule has 1 fully saturated rings. The van der Waals surface area contributed by atoms with Gasteiger partial charge in [0.25, 0.3) is 0 Å². The van der Waals surface area contributed by atoms with Gasteiger partial charge in [0.2, 0.25) is 0 Å². The number of benzene rings is 1. The molecule has 1 aliphatic rings. The van der Waals surface area contributed by atoms with Gasteiger partial charge in [0, 0.05) is 26.2 Å². The van der Waals surface area contributed by atoms with Crippen molar-refractivity contribution in [1.82, 2.24) is 9.97 Å². The minimum absolute atomic E-state index is 0.377. The predicted octanol–water partition coefficient (Wildman–Crippen LogP) is 1.60. The molecule has 0 saturated carbocycles. The van der Waals surface area contributed by atoms with Crippen LogP contribution < -0.4 is 16.0 Å². The van der Waals surface area contributed by atoms with E-state index in [-0.39, 0.29) is 0 Å². The molecule has 2 aromatic rings. The third-order valence-electron chi connectivity index (χ3n) is 3.71. The highest BCUT2D eigenvalue weighted by Crippen LogP contribution is 2.30. The van der Waals surface area contributed by atoms with Gasteiger partial charge in [-0.2, -0.15) is 0 Å². The van der Waals surface area contributed by atoms with Crippen LogP contribution in [0, 0.1) is 0 Å². The fraction of sp³-hybridized carbons (Fsp3) is 0.429. The Morgan fingerprint density at radius 3 is 2.74 bits per heavy atom. The second kappa shape index (κ2) is 5.01. The topological polar surface area (TPSA) is 67.1 Å². The van der Waals surface area contributed by atoms with Crippen molar-refractivity contribution in [2.75, 3.05) is 30.4 Å². The average Bonchev–Trinajstić information content (AvgIpc) is 2.94. The van der Waals surface area contributed by atoms with E-state index in [4.69, 9.17) is 10.7 Å². The van der Waals surface area contributed by atoms with Crippen LogP contribution in [0.15, 0.2) is 24.3 Å². The molecule has 0 spiro atoms. The van der Waals surface area contributed by atoms with Gasteiger partial charge in [-0.25, -0.2) is 9.97 Å². The largest absolute Gasteiger partial charge is 0.370 e. The molecule has 5 nitrogen and oxygen atoms in total. The van der Waals surface area contributed by atoms with E-state index >= 15 is 0 Å². The smallest absolute Gasteiger partial charge is 0.172 e. The van der Waals surface area contributed by atoms with Crippen molar-refractivity contribution >= 4 is 22.7 Å². The summed E-state index contributed by atoms with van der Waals surface area (Å²) in [7, 11) is 1.88. The Bertz CT molecular complexity index is 583. The zero-order chi connectivity index (χ0) is 13.2. The summed E-state index contributed by atoms with van der Waals surface area (Å²) in [5, 5.41) is 3.15. The lowest BCUT2D eigenvalue weighted by Crippen LogP contribution is -2.36. The van der Waals surface area contributed by atoms with Crippen molar-refractivity contribution in [3.63, 3.8) is 0 Å². The summed E-state index contributed by atoms with van der Waals surface area (Å²) in [6.07, 6.45) is 2.30. The van der Waals surface area contributed by atoms with Crippen molar-refractivity contribution in [2.45, 2.75) is 18.9 Å². The second-order valence-corrected chi connectivity index (χ2v) is 4.86. The Morgan fingerprint density at radius 1 is 1.32 bits per heavy atom. The van der Waals surface area contributed by atoms with Gasteiger partial charge < -0.3 is 16.0 Å². The van der Waals surface area contributed by atoms with E-state index in [0.29, 0.717) is 12.6 Å². The van der Waals surface area contributed by atoms with Gasteiger partial charge in [-0.3, -0.25) is 0 Å². The normalized spacial score (nSPS) is 19.1. The van der Waals surface area contributed by atoms with E-state index in [9.17, 15) is 0 Å². The molecule has 1 saturated heterocycles. The molecule has 1 aromatic carbocycles. The first-order valence-electron chi connectivity index (χ1n) is 6.74. The molecule has 3 N–H and O–H groups in total. The number of para-hydroxylation sites is 2. The number of hydrogen-bond acceptors (Lipinski definition) is 5. The summed E-state index contributed by atoms with van der Waals surface area (Å²) in [5.74, 6) is 1.76. The minimum Gasteiger partial charge on any atom is -0.370 e. The highest BCUT2D eigenvalue weighted by molar-refractivity contribution is 5.80. The van der Waals surface area contributed by atoms with Crippen LogP contribution in [0.5, 0.6) is 0 Å².